The second-order valence-electron chi connectivity index (χ2n) is 7.12. The SMILES string of the molecule is COc1ccc(NC=C2C(=O)OC(C)(C)OC2=O)cc1Oc1c(F)cc(C(F)(F)F)cc1F. The summed E-state index contributed by atoms with van der Waals surface area (Å²) in [6, 6.07) is 4.09. The lowest BCUT2D eigenvalue weighted by Gasteiger charge is -2.29. The number of carbonyl (C=O) groups is 2. The number of methoxy groups -OCH3 is 1. The average molecular weight is 473 g/mol. The van der Waals surface area contributed by atoms with Crippen LogP contribution in [0.5, 0.6) is 17.2 Å². The van der Waals surface area contributed by atoms with Crippen LogP contribution in [-0.4, -0.2) is 24.8 Å². The molecule has 33 heavy (non-hydrogen) atoms. The van der Waals surface area contributed by atoms with E-state index in [1.807, 2.05) is 0 Å². The Morgan fingerprint density at radius 2 is 1.55 bits per heavy atom. The smallest absolute Gasteiger partial charge is 0.416 e. The van der Waals surface area contributed by atoms with Crippen molar-refractivity contribution in [1.82, 2.24) is 0 Å². The molecule has 0 amide bonds. The number of alkyl halides is 3. The molecule has 12 heteroatoms. The van der Waals surface area contributed by atoms with Crippen LogP contribution in [0.2, 0.25) is 0 Å². The van der Waals surface area contributed by atoms with E-state index in [1.165, 1.54) is 39.2 Å². The van der Waals surface area contributed by atoms with E-state index in [-0.39, 0.29) is 29.3 Å². The minimum atomic E-state index is -4.95. The van der Waals surface area contributed by atoms with Gasteiger partial charge in [-0.15, -0.1) is 0 Å². The standard InChI is InChI=1S/C21H16F5NO6/c1-20(2)32-18(28)12(19(29)33-20)9-27-11-4-5-15(30-3)16(8-11)31-17-13(22)6-10(7-14(17)23)21(24,25)26/h4-9,27H,1-3H3. The Morgan fingerprint density at radius 3 is 2.06 bits per heavy atom. The van der Waals surface area contributed by atoms with Crippen molar-refractivity contribution in [3.8, 4) is 17.2 Å². The molecule has 0 atom stereocenters. The third kappa shape index (κ3) is 5.33. The highest BCUT2D eigenvalue weighted by Gasteiger charge is 2.39. The van der Waals surface area contributed by atoms with Crippen LogP contribution in [0.25, 0.3) is 0 Å². The predicted octanol–water partition coefficient (Wildman–Crippen LogP) is 4.92. The zero-order chi connectivity index (χ0) is 24.6. The van der Waals surface area contributed by atoms with Crippen LogP contribution >= 0.6 is 0 Å². The molecule has 0 bridgehead atoms. The molecule has 2 aromatic carbocycles. The number of hydrogen-bond acceptors (Lipinski definition) is 7. The Kier molecular flexibility index (Phi) is 6.21. The number of nitrogens with one attached hydrogen (secondary N) is 1. The topological polar surface area (TPSA) is 83.1 Å². The van der Waals surface area contributed by atoms with Crippen molar-refractivity contribution < 1.29 is 50.5 Å². The lowest BCUT2D eigenvalue weighted by molar-refractivity contribution is -0.222. The van der Waals surface area contributed by atoms with E-state index in [0.29, 0.717) is 0 Å². The van der Waals surface area contributed by atoms with Gasteiger partial charge in [0.15, 0.2) is 34.5 Å². The molecule has 0 spiro atoms. The number of benzene rings is 2. The van der Waals surface area contributed by atoms with E-state index in [0.717, 1.165) is 6.20 Å². The summed E-state index contributed by atoms with van der Waals surface area (Å²) in [7, 11) is 1.23. The molecule has 1 heterocycles. The largest absolute Gasteiger partial charge is 0.493 e. The van der Waals surface area contributed by atoms with Crippen molar-refractivity contribution >= 4 is 17.6 Å². The fourth-order valence-corrected chi connectivity index (χ4v) is 2.71. The third-order valence-corrected chi connectivity index (χ3v) is 4.20. The van der Waals surface area contributed by atoms with Crippen LogP contribution in [0.15, 0.2) is 42.1 Å². The van der Waals surface area contributed by atoms with Crippen LogP contribution in [0.3, 0.4) is 0 Å². The van der Waals surface area contributed by atoms with Crippen LogP contribution in [-0.2, 0) is 25.2 Å². The van der Waals surface area contributed by atoms with Gasteiger partial charge in [-0.25, -0.2) is 18.4 Å². The highest BCUT2D eigenvalue weighted by atomic mass is 19.4. The summed E-state index contributed by atoms with van der Waals surface area (Å²) in [6.45, 7) is 2.75. The van der Waals surface area contributed by atoms with E-state index in [4.69, 9.17) is 18.9 Å². The zero-order valence-corrected chi connectivity index (χ0v) is 17.3. The molecule has 1 aliphatic rings. The summed E-state index contributed by atoms with van der Waals surface area (Å²) in [5.41, 5.74) is -1.81. The highest BCUT2D eigenvalue weighted by Crippen LogP contribution is 2.39. The third-order valence-electron chi connectivity index (χ3n) is 4.20. The maximum Gasteiger partial charge on any atom is 0.416 e. The fraction of sp³-hybridized carbons (Fsp3) is 0.238. The first-order chi connectivity index (χ1) is 15.3. The number of esters is 2. The molecule has 2 aromatic rings. The maximum absolute atomic E-state index is 14.2. The highest BCUT2D eigenvalue weighted by molar-refractivity contribution is 6.15. The van der Waals surface area contributed by atoms with E-state index in [9.17, 15) is 31.5 Å². The lowest BCUT2D eigenvalue weighted by atomic mass is 10.2. The van der Waals surface area contributed by atoms with Gasteiger partial charge < -0.3 is 24.3 Å². The molecule has 0 radical (unpaired) electrons. The molecule has 1 saturated heterocycles. The lowest BCUT2D eigenvalue weighted by Crippen LogP contribution is -2.42. The molecule has 0 saturated carbocycles. The first-order valence-corrected chi connectivity index (χ1v) is 9.16. The van der Waals surface area contributed by atoms with Gasteiger partial charge in [-0.3, -0.25) is 0 Å². The molecule has 1 N–H and O–H groups in total. The predicted molar refractivity (Wildman–Crippen MR) is 102 cm³/mol. The molecular formula is C21H16F5NO6. The average Bonchev–Trinajstić information content (AvgIpc) is 2.68. The molecule has 7 nitrogen and oxygen atoms in total. The summed E-state index contributed by atoms with van der Waals surface area (Å²) in [5, 5.41) is 2.60. The van der Waals surface area contributed by atoms with Gasteiger partial charge in [0.2, 0.25) is 0 Å². The Morgan fingerprint density at radius 1 is 0.970 bits per heavy atom. The van der Waals surface area contributed by atoms with Crippen molar-refractivity contribution in [2.45, 2.75) is 25.8 Å². The molecular weight excluding hydrogens is 457 g/mol. The number of carbonyl (C=O) groups excluding carboxylic acids is 2. The maximum atomic E-state index is 14.2. The van der Waals surface area contributed by atoms with Gasteiger partial charge in [-0.1, -0.05) is 0 Å². The quantitative estimate of drug-likeness (QED) is 0.286. The van der Waals surface area contributed by atoms with Crippen molar-refractivity contribution in [2.24, 2.45) is 0 Å². The van der Waals surface area contributed by atoms with Crippen molar-refractivity contribution in [3.63, 3.8) is 0 Å². The summed E-state index contributed by atoms with van der Waals surface area (Å²) in [5.74, 6) is -7.84. The normalized spacial score (nSPS) is 15.5. The number of anilines is 1. The molecule has 176 valence electrons. The Bertz CT molecular complexity index is 1100. The molecule has 1 fully saturated rings. The van der Waals surface area contributed by atoms with Gasteiger partial charge in [-0.2, -0.15) is 13.2 Å². The molecule has 0 unspecified atom stereocenters. The Balaban J connectivity index is 1.88. The summed E-state index contributed by atoms with van der Waals surface area (Å²) in [6.07, 6.45) is -3.96. The van der Waals surface area contributed by atoms with E-state index in [2.05, 4.69) is 5.32 Å². The zero-order valence-electron chi connectivity index (χ0n) is 17.3. The summed E-state index contributed by atoms with van der Waals surface area (Å²) >= 11 is 0. The fourth-order valence-electron chi connectivity index (χ4n) is 2.71. The number of cyclic esters (lactones) is 2. The van der Waals surface area contributed by atoms with Crippen molar-refractivity contribution in [3.05, 3.63) is 59.3 Å². The van der Waals surface area contributed by atoms with Crippen molar-refractivity contribution in [1.29, 1.82) is 0 Å². The summed E-state index contributed by atoms with van der Waals surface area (Å²) in [4.78, 5) is 24.0. The van der Waals surface area contributed by atoms with Gasteiger partial charge in [0.05, 0.1) is 12.7 Å². The number of halogens is 5. The van der Waals surface area contributed by atoms with Gasteiger partial charge in [0, 0.05) is 31.8 Å². The second kappa shape index (κ2) is 8.60. The van der Waals surface area contributed by atoms with Crippen LogP contribution in [0.4, 0.5) is 27.6 Å². The minimum absolute atomic E-state index is 0.00913. The van der Waals surface area contributed by atoms with E-state index < -0.39 is 52.4 Å². The summed E-state index contributed by atoms with van der Waals surface area (Å²) < 4.78 is 86.6. The van der Waals surface area contributed by atoms with Gasteiger partial charge in [0.1, 0.15) is 0 Å². The van der Waals surface area contributed by atoms with Crippen molar-refractivity contribution in [2.75, 3.05) is 12.4 Å². The molecule has 0 aliphatic carbocycles. The van der Waals surface area contributed by atoms with E-state index >= 15 is 0 Å². The van der Waals surface area contributed by atoms with Gasteiger partial charge in [-0.05, 0) is 24.3 Å². The molecule has 0 aromatic heterocycles. The number of hydrogen-bond donors (Lipinski definition) is 1. The first-order valence-electron chi connectivity index (χ1n) is 9.16. The van der Waals surface area contributed by atoms with Gasteiger partial charge >= 0.3 is 18.1 Å². The minimum Gasteiger partial charge on any atom is -0.493 e. The van der Waals surface area contributed by atoms with Crippen LogP contribution in [0, 0.1) is 11.6 Å². The van der Waals surface area contributed by atoms with Gasteiger partial charge in [0.25, 0.3) is 5.79 Å². The second-order valence-corrected chi connectivity index (χ2v) is 7.12. The number of rotatable bonds is 5. The number of ether oxygens (including phenoxy) is 4. The molecule has 3 rings (SSSR count). The van der Waals surface area contributed by atoms with Crippen LogP contribution < -0.4 is 14.8 Å². The Labute approximate surface area is 183 Å². The first kappa shape index (κ1) is 23.8. The Hall–Kier alpha value is -3.83. The van der Waals surface area contributed by atoms with Crippen LogP contribution in [0.1, 0.15) is 19.4 Å². The monoisotopic (exact) mass is 473 g/mol. The molecule has 1 aliphatic heterocycles. The van der Waals surface area contributed by atoms with E-state index in [1.54, 1.807) is 0 Å².